The molecule has 0 saturated heterocycles. The van der Waals surface area contributed by atoms with E-state index in [4.69, 9.17) is 4.74 Å². The Balaban J connectivity index is 3.12. The lowest BCUT2D eigenvalue weighted by Crippen LogP contribution is -2.41. The van der Waals surface area contributed by atoms with Crippen LogP contribution in [0.5, 0.6) is 5.75 Å². The maximum absolute atomic E-state index is 13.3. The standard InChI is InChI=1S/C14H18FNO4/c1-9(2)16(8-13(17)20-4)14(18)11-7-10(15)5-6-12(11)19-3/h5-7,9H,8H2,1-4H3. The molecule has 5 nitrogen and oxygen atoms in total. The molecule has 0 atom stereocenters. The van der Waals surface area contributed by atoms with Crippen LogP contribution in [0, 0.1) is 5.82 Å². The van der Waals surface area contributed by atoms with Gasteiger partial charge in [-0.05, 0) is 32.0 Å². The molecule has 1 aromatic carbocycles. The van der Waals surface area contributed by atoms with Crippen LogP contribution < -0.4 is 4.74 Å². The lowest BCUT2D eigenvalue weighted by Gasteiger charge is -2.26. The van der Waals surface area contributed by atoms with Gasteiger partial charge >= 0.3 is 5.97 Å². The average molecular weight is 283 g/mol. The number of halogens is 1. The van der Waals surface area contributed by atoms with Crippen molar-refractivity contribution in [2.24, 2.45) is 0 Å². The largest absolute Gasteiger partial charge is 0.496 e. The first-order valence-corrected chi connectivity index (χ1v) is 6.12. The molecule has 0 fully saturated rings. The van der Waals surface area contributed by atoms with E-state index in [-0.39, 0.29) is 23.9 Å². The predicted octanol–water partition coefficient (Wildman–Crippen LogP) is 1.86. The van der Waals surface area contributed by atoms with Crippen LogP contribution in [0.25, 0.3) is 0 Å². The Hall–Kier alpha value is -2.11. The van der Waals surface area contributed by atoms with Crippen molar-refractivity contribution in [2.45, 2.75) is 19.9 Å². The van der Waals surface area contributed by atoms with E-state index in [1.165, 1.54) is 31.3 Å². The molecule has 0 heterocycles. The third-order valence-corrected chi connectivity index (χ3v) is 2.80. The SMILES string of the molecule is COC(=O)CN(C(=O)c1cc(F)ccc1OC)C(C)C. The second kappa shape index (κ2) is 6.88. The van der Waals surface area contributed by atoms with Crippen molar-refractivity contribution in [1.82, 2.24) is 4.90 Å². The topological polar surface area (TPSA) is 55.8 Å². The van der Waals surface area contributed by atoms with Crippen molar-refractivity contribution in [1.29, 1.82) is 0 Å². The van der Waals surface area contributed by atoms with Gasteiger partial charge in [-0.15, -0.1) is 0 Å². The number of amides is 1. The van der Waals surface area contributed by atoms with E-state index < -0.39 is 17.7 Å². The second-order valence-corrected chi connectivity index (χ2v) is 4.45. The minimum Gasteiger partial charge on any atom is -0.496 e. The summed E-state index contributed by atoms with van der Waals surface area (Å²) in [5.74, 6) is -1.31. The number of hydrogen-bond donors (Lipinski definition) is 0. The predicted molar refractivity (Wildman–Crippen MR) is 71.1 cm³/mol. The quantitative estimate of drug-likeness (QED) is 0.774. The zero-order valence-corrected chi connectivity index (χ0v) is 12.0. The van der Waals surface area contributed by atoms with Gasteiger partial charge in [0.25, 0.3) is 5.91 Å². The molecule has 1 aromatic rings. The van der Waals surface area contributed by atoms with E-state index in [9.17, 15) is 14.0 Å². The number of ether oxygens (including phenoxy) is 2. The average Bonchev–Trinajstić information content (AvgIpc) is 2.43. The van der Waals surface area contributed by atoms with Gasteiger partial charge in [0, 0.05) is 6.04 Å². The summed E-state index contributed by atoms with van der Waals surface area (Å²) in [4.78, 5) is 25.1. The van der Waals surface area contributed by atoms with Crippen LogP contribution in [0.1, 0.15) is 24.2 Å². The Labute approximate surface area is 117 Å². The number of rotatable bonds is 5. The molecule has 0 aliphatic carbocycles. The first kappa shape index (κ1) is 15.9. The third kappa shape index (κ3) is 3.69. The van der Waals surface area contributed by atoms with Crippen LogP contribution in [0.4, 0.5) is 4.39 Å². The summed E-state index contributed by atoms with van der Waals surface area (Å²) < 4.78 is 22.9. The van der Waals surface area contributed by atoms with Crippen LogP contribution in [-0.4, -0.2) is 43.6 Å². The summed E-state index contributed by atoms with van der Waals surface area (Å²) in [6, 6.07) is 3.43. The summed E-state index contributed by atoms with van der Waals surface area (Å²) in [6.45, 7) is 3.31. The number of methoxy groups -OCH3 is 2. The van der Waals surface area contributed by atoms with Gasteiger partial charge in [0.15, 0.2) is 0 Å². The lowest BCUT2D eigenvalue weighted by atomic mass is 10.1. The fourth-order valence-corrected chi connectivity index (χ4v) is 1.69. The monoisotopic (exact) mass is 283 g/mol. The molecule has 0 aromatic heterocycles. The first-order valence-electron chi connectivity index (χ1n) is 6.12. The number of carbonyl (C=O) groups is 2. The van der Waals surface area contributed by atoms with Gasteiger partial charge < -0.3 is 14.4 Å². The molecule has 0 unspecified atom stereocenters. The van der Waals surface area contributed by atoms with Gasteiger partial charge in [0.1, 0.15) is 18.1 Å². The zero-order valence-electron chi connectivity index (χ0n) is 12.0. The van der Waals surface area contributed by atoms with E-state index in [0.29, 0.717) is 0 Å². The fraction of sp³-hybridized carbons (Fsp3) is 0.429. The third-order valence-electron chi connectivity index (χ3n) is 2.80. The molecule has 0 aliphatic heterocycles. The van der Waals surface area contributed by atoms with Gasteiger partial charge in [-0.3, -0.25) is 9.59 Å². The van der Waals surface area contributed by atoms with Crippen LogP contribution in [0.3, 0.4) is 0 Å². The molecule has 0 saturated carbocycles. The van der Waals surface area contributed by atoms with Crippen molar-refractivity contribution in [2.75, 3.05) is 20.8 Å². The Bertz CT molecular complexity index is 502. The summed E-state index contributed by atoms with van der Waals surface area (Å²) in [7, 11) is 2.64. The zero-order chi connectivity index (χ0) is 15.3. The molecule has 6 heteroatoms. The highest BCUT2D eigenvalue weighted by molar-refractivity contribution is 5.98. The summed E-state index contributed by atoms with van der Waals surface area (Å²) in [5, 5.41) is 0. The van der Waals surface area contributed by atoms with Crippen molar-refractivity contribution in [3.8, 4) is 5.75 Å². The molecule has 0 spiro atoms. The Kier molecular flexibility index (Phi) is 5.49. The van der Waals surface area contributed by atoms with E-state index in [0.717, 1.165) is 6.07 Å². The smallest absolute Gasteiger partial charge is 0.325 e. The molecular formula is C14H18FNO4. The number of benzene rings is 1. The van der Waals surface area contributed by atoms with Crippen molar-refractivity contribution in [3.63, 3.8) is 0 Å². The highest BCUT2D eigenvalue weighted by Crippen LogP contribution is 2.22. The van der Waals surface area contributed by atoms with Gasteiger partial charge in [0.05, 0.1) is 19.8 Å². The van der Waals surface area contributed by atoms with Crippen LogP contribution >= 0.6 is 0 Å². The number of nitrogens with zero attached hydrogens (tertiary/aromatic N) is 1. The number of carbonyl (C=O) groups excluding carboxylic acids is 2. The maximum Gasteiger partial charge on any atom is 0.325 e. The van der Waals surface area contributed by atoms with E-state index >= 15 is 0 Å². The Morgan fingerprint density at radius 2 is 1.95 bits per heavy atom. The molecule has 0 aliphatic rings. The minimum atomic E-state index is -0.545. The summed E-state index contributed by atoms with van der Waals surface area (Å²) >= 11 is 0. The summed E-state index contributed by atoms with van der Waals surface area (Å²) in [5.41, 5.74) is 0.0742. The Morgan fingerprint density at radius 3 is 2.45 bits per heavy atom. The normalized spacial score (nSPS) is 10.3. The minimum absolute atomic E-state index is 0.0742. The van der Waals surface area contributed by atoms with E-state index in [2.05, 4.69) is 4.74 Å². The fourth-order valence-electron chi connectivity index (χ4n) is 1.69. The van der Waals surface area contributed by atoms with Crippen molar-refractivity contribution >= 4 is 11.9 Å². The van der Waals surface area contributed by atoms with Crippen LogP contribution in [0.2, 0.25) is 0 Å². The number of esters is 1. The lowest BCUT2D eigenvalue weighted by molar-refractivity contribution is -0.141. The molecule has 1 rings (SSSR count). The van der Waals surface area contributed by atoms with Crippen LogP contribution in [-0.2, 0) is 9.53 Å². The molecule has 0 bridgehead atoms. The van der Waals surface area contributed by atoms with Gasteiger partial charge in [-0.2, -0.15) is 0 Å². The highest BCUT2D eigenvalue weighted by atomic mass is 19.1. The molecule has 0 radical (unpaired) electrons. The van der Waals surface area contributed by atoms with Crippen LogP contribution in [0.15, 0.2) is 18.2 Å². The molecule has 20 heavy (non-hydrogen) atoms. The van der Waals surface area contributed by atoms with Crippen molar-refractivity contribution < 1.29 is 23.5 Å². The molecular weight excluding hydrogens is 265 g/mol. The first-order chi connectivity index (χ1) is 9.40. The summed E-state index contributed by atoms with van der Waals surface area (Å²) in [6.07, 6.45) is 0. The van der Waals surface area contributed by atoms with Gasteiger partial charge in [-0.25, -0.2) is 4.39 Å². The number of hydrogen-bond acceptors (Lipinski definition) is 4. The molecule has 1 amide bonds. The Morgan fingerprint density at radius 1 is 1.30 bits per heavy atom. The van der Waals surface area contributed by atoms with Gasteiger partial charge in [0.2, 0.25) is 0 Å². The van der Waals surface area contributed by atoms with Gasteiger partial charge in [-0.1, -0.05) is 0 Å². The van der Waals surface area contributed by atoms with E-state index in [1.807, 2.05) is 0 Å². The second-order valence-electron chi connectivity index (χ2n) is 4.45. The van der Waals surface area contributed by atoms with E-state index in [1.54, 1.807) is 13.8 Å². The highest BCUT2D eigenvalue weighted by Gasteiger charge is 2.24. The molecule has 110 valence electrons. The maximum atomic E-state index is 13.3. The molecule has 0 N–H and O–H groups in total. The van der Waals surface area contributed by atoms with Crippen molar-refractivity contribution in [3.05, 3.63) is 29.6 Å².